The normalized spacial score (nSPS) is 19.8. The summed E-state index contributed by atoms with van der Waals surface area (Å²) in [5.74, 6) is -4.23. The molecule has 0 unspecified atom stereocenters. The minimum Gasteiger partial charge on any atom is -0.490 e. The number of rotatable bonds is 8. The van der Waals surface area contributed by atoms with Crippen molar-refractivity contribution in [1.29, 1.82) is 5.26 Å². The molecule has 3 aromatic heterocycles. The van der Waals surface area contributed by atoms with Crippen molar-refractivity contribution >= 4 is 49.0 Å². The summed E-state index contributed by atoms with van der Waals surface area (Å²) in [6.07, 6.45) is -3.84. The van der Waals surface area contributed by atoms with Gasteiger partial charge in [0.1, 0.15) is 70.6 Å². The van der Waals surface area contributed by atoms with Crippen molar-refractivity contribution in [3.8, 4) is 29.0 Å². The first kappa shape index (κ1) is 38.6. The van der Waals surface area contributed by atoms with E-state index in [1.807, 2.05) is 11.0 Å². The lowest BCUT2D eigenvalue weighted by Crippen LogP contribution is -2.43. The monoisotopic (exact) mass is 834 g/mol. The Labute approximate surface area is 335 Å². The van der Waals surface area contributed by atoms with Gasteiger partial charge in [0.25, 0.3) is 0 Å². The van der Waals surface area contributed by atoms with Crippen molar-refractivity contribution in [2.45, 2.75) is 49.6 Å². The van der Waals surface area contributed by atoms with Gasteiger partial charge in [0.15, 0.2) is 5.82 Å². The first-order valence-corrected chi connectivity index (χ1v) is 19.5. The number of aromatic nitrogens is 3. The third-order valence-corrected chi connectivity index (χ3v) is 12.5. The molecule has 3 aromatic carbocycles. The lowest BCUT2D eigenvalue weighted by Gasteiger charge is -2.34. The fraction of sp³-hybridized carbons (Fsp3) is 0.317. The maximum absolute atomic E-state index is 17.7. The van der Waals surface area contributed by atoms with Crippen molar-refractivity contribution in [3.05, 3.63) is 94.4 Å². The van der Waals surface area contributed by atoms with Crippen LogP contribution in [0.25, 0.3) is 32.1 Å². The standard InChI is InChI=1S/C41H33F7N8O2S/c42-21-14-24(36(50)52-17-21)27(13-20-5-2-1-3-6-20)56-11-12-57-34-30-33(53-39(54-38(30)56)58-19-40-9-4-10-55(40)18-22(43)15-40)32(45)29(31(34)41(46,47)48)23-7-8-26(44)35-28(23)25(16-49)37(51)59-35/h1-3,5-8,14,17,22,27H,4,9-13,15,18-19,51H2,(H2,50,52)/t22-,27-,40+/m1/s1. The molecule has 0 spiro atoms. The van der Waals surface area contributed by atoms with E-state index in [1.165, 1.54) is 6.07 Å². The first-order chi connectivity index (χ1) is 28.3. The molecule has 304 valence electrons. The second kappa shape index (κ2) is 14.4. The van der Waals surface area contributed by atoms with Gasteiger partial charge in [0, 0.05) is 29.5 Å². The molecule has 0 bridgehead atoms. The number of hydrogen-bond acceptors (Lipinski definition) is 11. The molecule has 3 aliphatic rings. The van der Waals surface area contributed by atoms with E-state index in [0.717, 1.165) is 30.3 Å². The Kier molecular flexibility index (Phi) is 9.42. The van der Waals surface area contributed by atoms with E-state index in [4.69, 9.17) is 20.9 Å². The maximum atomic E-state index is 17.7. The maximum Gasteiger partial charge on any atom is 0.420 e. The second-order valence-corrected chi connectivity index (χ2v) is 16.0. The number of anilines is 3. The Morgan fingerprint density at radius 3 is 2.63 bits per heavy atom. The molecule has 10 nitrogen and oxygen atoms in total. The molecule has 0 radical (unpaired) electrons. The molecule has 3 aliphatic heterocycles. The summed E-state index contributed by atoms with van der Waals surface area (Å²) in [6.45, 7) is 0.128. The van der Waals surface area contributed by atoms with Crippen LogP contribution in [-0.4, -0.2) is 64.4 Å². The summed E-state index contributed by atoms with van der Waals surface area (Å²) in [4.78, 5) is 16.6. The van der Waals surface area contributed by atoms with Crippen LogP contribution in [0.3, 0.4) is 0 Å². The first-order valence-electron chi connectivity index (χ1n) is 18.7. The second-order valence-electron chi connectivity index (χ2n) is 14.9. The number of pyridine rings is 1. The molecular formula is C41H33F7N8O2S. The third kappa shape index (κ3) is 6.47. The van der Waals surface area contributed by atoms with Crippen molar-refractivity contribution in [3.63, 3.8) is 0 Å². The molecule has 2 fully saturated rings. The molecule has 3 atom stereocenters. The number of thiophene rings is 1. The average molecular weight is 835 g/mol. The largest absolute Gasteiger partial charge is 0.490 e. The van der Waals surface area contributed by atoms with Gasteiger partial charge in [-0.15, -0.1) is 11.3 Å². The predicted octanol–water partition coefficient (Wildman–Crippen LogP) is 8.52. The van der Waals surface area contributed by atoms with Gasteiger partial charge in [-0.25, -0.2) is 22.5 Å². The summed E-state index contributed by atoms with van der Waals surface area (Å²) < 4.78 is 122. The number of ether oxygens (including phenoxy) is 2. The highest BCUT2D eigenvalue weighted by molar-refractivity contribution is 7.23. The van der Waals surface area contributed by atoms with Crippen LogP contribution in [0.5, 0.6) is 11.8 Å². The lowest BCUT2D eigenvalue weighted by atomic mass is 9.91. The van der Waals surface area contributed by atoms with Crippen LogP contribution in [0.4, 0.5) is 47.4 Å². The Balaban J connectivity index is 1.34. The van der Waals surface area contributed by atoms with E-state index < -0.39 is 87.3 Å². The number of nitrogen functional groups attached to an aromatic ring is 2. The van der Waals surface area contributed by atoms with Crippen LogP contribution in [0.1, 0.15) is 47.6 Å². The van der Waals surface area contributed by atoms with Gasteiger partial charge in [-0.2, -0.15) is 28.4 Å². The number of halogens is 7. The van der Waals surface area contributed by atoms with Crippen LogP contribution >= 0.6 is 11.3 Å². The Hall–Kier alpha value is -5.93. The van der Waals surface area contributed by atoms with E-state index in [9.17, 15) is 14.0 Å². The van der Waals surface area contributed by atoms with Gasteiger partial charge in [-0.3, -0.25) is 4.90 Å². The zero-order valence-corrected chi connectivity index (χ0v) is 31.7. The highest BCUT2D eigenvalue weighted by Gasteiger charge is 2.50. The average Bonchev–Trinajstić information content (AvgIpc) is 3.81. The molecule has 59 heavy (non-hydrogen) atoms. The number of alkyl halides is 4. The van der Waals surface area contributed by atoms with Gasteiger partial charge in [0.05, 0.1) is 40.0 Å². The fourth-order valence-electron chi connectivity index (χ4n) is 8.97. The smallest absolute Gasteiger partial charge is 0.420 e. The number of nitrogens with zero attached hydrogens (tertiary/aromatic N) is 6. The number of nitrogens with two attached hydrogens (primary N) is 2. The summed E-state index contributed by atoms with van der Waals surface area (Å²) in [5, 5.41) is 9.05. The Morgan fingerprint density at radius 2 is 1.86 bits per heavy atom. The number of fused-ring (bicyclic) bond motifs is 2. The topological polar surface area (TPSA) is 139 Å². The highest BCUT2D eigenvalue weighted by atomic mass is 32.1. The van der Waals surface area contributed by atoms with E-state index in [2.05, 4.69) is 15.0 Å². The van der Waals surface area contributed by atoms with Gasteiger partial charge < -0.3 is 25.8 Å². The zero-order chi connectivity index (χ0) is 41.4. The van der Waals surface area contributed by atoms with Crippen LogP contribution < -0.4 is 25.8 Å². The molecule has 6 aromatic rings. The van der Waals surface area contributed by atoms with E-state index in [1.54, 1.807) is 35.2 Å². The predicted molar refractivity (Wildman–Crippen MR) is 207 cm³/mol. The number of benzene rings is 3. The zero-order valence-electron chi connectivity index (χ0n) is 30.9. The molecule has 18 heteroatoms. The molecule has 9 rings (SSSR count). The molecular weight excluding hydrogens is 802 g/mol. The quantitative estimate of drug-likeness (QED) is 0.144. The van der Waals surface area contributed by atoms with Crippen LogP contribution in [0.2, 0.25) is 0 Å². The Bertz CT molecular complexity index is 2690. The fourth-order valence-corrected chi connectivity index (χ4v) is 9.92. The van der Waals surface area contributed by atoms with E-state index in [-0.39, 0.29) is 70.4 Å². The minimum absolute atomic E-state index is 0.0666. The van der Waals surface area contributed by atoms with Crippen LogP contribution in [0, 0.1) is 28.8 Å². The number of hydrogen-bond donors (Lipinski definition) is 2. The minimum atomic E-state index is -5.31. The summed E-state index contributed by atoms with van der Waals surface area (Å²) in [6, 6.07) is 12.4. The lowest BCUT2D eigenvalue weighted by molar-refractivity contribution is -0.138. The van der Waals surface area contributed by atoms with Crippen LogP contribution in [0.15, 0.2) is 54.7 Å². The molecule has 2 saturated heterocycles. The third-order valence-electron chi connectivity index (χ3n) is 11.5. The van der Waals surface area contributed by atoms with E-state index >= 15 is 22.0 Å². The van der Waals surface area contributed by atoms with Crippen molar-refractivity contribution in [2.24, 2.45) is 0 Å². The van der Waals surface area contributed by atoms with Crippen molar-refractivity contribution in [1.82, 2.24) is 19.9 Å². The molecule has 6 heterocycles. The summed E-state index contributed by atoms with van der Waals surface area (Å²) in [7, 11) is 0. The Morgan fingerprint density at radius 1 is 1.07 bits per heavy atom. The molecule has 0 amide bonds. The number of nitriles is 1. The van der Waals surface area contributed by atoms with Crippen molar-refractivity contribution < 1.29 is 40.2 Å². The van der Waals surface area contributed by atoms with Gasteiger partial charge in [-0.05, 0) is 49.1 Å². The summed E-state index contributed by atoms with van der Waals surface area (Å²) in [5.41, 5.74) is 8.54. The van der Waals surface area contributed by atoms with Gasteiger partial charge >= 0.3 is 12.2 Å². The van der Waals surface area contributed by atoms with Crippen molar-refractivity contribution in [2.75, 3.05) is 49.2 Å². The van der Waals surface area contributed by atoms with Gasteiger partial charge in [0.2, 0.25) is 0 Å². The molecule has 4 N–H and O–H groups in total. The van der Waals surface area contributed by atoms with E-state index in [0.29, 0.717) is 24.3 Å². The van der Waals surface area contributed by atoms with Crippen LogP contribution in [-0.2, 0) is 12.6 Å². The summed E-state index contributed by atoms with van der Waals surface area (Å²) >= 11 is 0.641. The highest BCUT2D eigenvalue weighted by Crippen LogP contribution is 2.54. The molecule has 0 aliphatic carbocycles. The SMILES string of the molecule is N#Cc1c(N)sc2c(F)ccc(-c3c(C(F)(F)F)c4c5c(nc(OC[C@@]67CCCN6C[C@H](F)C7)nc5c3F)N([C@H](Cc3ccccc3)c3cc(F)cnc3N)CCO4)c12. The van der Waals surface area contributed by atoms with Gasteiger partial charge in [-0.1, -0.05) is 36.4 Å². The molecule has 0 saturated carbocycles.